The number of nitrogens with one attached hydrogen (secondary N) is 1. The third kappa shape index (κ3) is 8.21. The van der Waals surface area contributed by atoms with E-state index in [1.54, 1.807) is 54.6 Å². The van der Waals surface area contributed by atoms with Crippen LogP contribution in [0.1, 0.15) is 16.7 Å². The van der Waals surface area contributed by atoms with Crippen molar-refractivity contribution in [1.29, 1.82) is 0 Å². The molecule has 3 rings (SSSR count). The molecule has 13 heteroatoms. The highest BCUT2D eigenvalue weighted by Gasteiger charge is 2.35. The summed E-state index contributed by atoms with van der Waals surface area (Å²) in [6, 6.07) is 17.0. The van der Waals surface area contributed by atoms with Crippen LogP contribution < -0.4 is 9.62 Å². The number of alkyl halides is 3. The molecule has 0 aliphatic rings. The summed E-state index contributed by atoms with van der Waals surface area (Å²) < 4.78 is 67.1. The van der Waals surface area contributed by atoms with Crippen LogP contribution in [0.4, 0.5) is 18.9 Å². The van der Waals surface area contributed by atoms with E-state index in [0.717, 1.165) is 28.4 Å². The highest BCUT2D eigenvalue weighted by Crippen LogP contribution is 2.36. The van der Waals surface area contributed by atoms with Gasteiger partial charge in [-0.05, 0) is 41.5 Å². The SMILES string of the molecule is CNC(=O)C(Cc1ccccc1)N(Cc1ccc(Br)cc1)C(=O)CN(c1cc(C(F)(F)F)ccc1Cl)S(C)(=O)=O. The Labute approximate surface area is 244 Å². The molecule has 3 aromatic carbocycles. The summed E-state index contributed by atoms with van der Waals surface area (Å²) in [6.07, 6.45) is -3.91. The van der Waals surface area contributed by atoms with Crippen molar-refractivity contribution in [2.75, 3.05) is 24.2 Å². The zero-order chi connectivity index (χ0) is 29.7. The molecular formula is C27H26BrClF3N3O4S. The highest BCUT2D eigenvalue weighted by atomic mass is 79.9. The molecule has 1 unspecified atom stereocenters. The van der Waals surface area contributed by atoms with E-state index in [4.69, 9.17) is 11.6 Å². The summed E-state index contributed by atoms with van der Waals surface area (Å²) in [5.41, 5.74) is -0.255. The third-order valence-corrected chi connectivity index (χ3v) is 7.98. The maximum absolute atomic E-state index is 13.9. The van der Waals surface area contributed by atoms with E-state index in [0.29, 0.717) is 15.9 Å². The van der Waals surface area contributed by atoms with Gasteiger partial charge in [-0.15, -0.1) is 0 Å². The summed E-state index contributed by atoms with van der Waals surface area (Å²) in [4.78, 5) is 28.2. The summed E-state index contributed by atoms with van der Waals surface area (Å²) in [7, 11) is -2.88. The molecule has 0 radical (unpaired) electrons. The van der Waals surface area contributed by atoms with Crippen LogP contribution in [0, 0.1) is 0 Å². The van der Waals surface area contributed by atoms with Gasteiger partial charge in [0.15, 0.2) is 0 Å². The first kappa shape index (κ1) is 31.4. The number of nitrogens with zero attached hydrogens (tertiary/aromatic N) is 2. The number of rotatable bonds is 10. The number of benzene rings is 3. The number of likely N-dealkylation sites (N-methyl/N-ethyl adjacent to an activating group) is 1. The van der Waals surface area contributed by atoms with Gasteiger partial charge in [0, 0.05) is 24.5 Å². The minimum atomic E-state index is -4.78. The maximum atomic E-state index is 13.9. The average molecular weight is 661 g/mol. The summed E-state index contributed by atoms with van der Waals surface area (Å²) in [5, 5.41) is 2.25. The van der Waals surface area contributed by atoms with Crippen LogP contribution in [-0.2, 0) is 38.8 Å². The van der Waals surface area contributed by atoms with Gasteiger partial charge in [-0.2, -0.15) is 13.2 Å². The molecule has 214 valence electrons. The van der Waals surface area contributed by atoms with E-state index in [1.165, 1.54) is 11.9 Å². The predicted octanol–water partition coefficient (Wildman–Crippen LogP) is 5.27. The topological polar surface area (TPSA) is 86.8 Å². The molecular weight excluding hydrogens is 635 g/mol. The second-order valence-electron chi connectivity index (χ2n) is 8.90. The smallest absolute Gasteiger partial charge is 0.357 e. The lowest BCUT2D eigenvalue weighted by Crippen LogP contribution is -2.52. The number of sulfonamides is 1. The van der Waals surface area contributed by atoms with Crippen LogP contribution in [0.25, 0.3) is 0 Å². The summed E-state index contributed by atoms with van der Waals surface area (Å²) in [6.45, 7) is -0.969. The summed E-state index contributed by atoms with van der Waals surface area (Å²) in [5.74, 6) is -1.32. The zero-order valence-corrected chi connectivity index (χ0v) is 24.6. The lowest BCUT2D eigenvalue weighted by Gasteiger charge is -2.33. The number of amides is 2. The van der Waals surface area contributed by atoms with Gasteiger partial charge in [0.25, 0.3) is 0 Å². The highest BCUT2D eigenvalue weighted by molar-refractivity contribution is 9.10. The van der Waals surface area contributed by atoms with Crippen molar-refractivity contribution in [3.05, 3.63) is 99.0 Å². The zero-order valence-electron chi connectivity index (χ0n) is 21.5. The molecule has 2 amide bonds. The molecule has 0 aliphatic carbocycles. The molecule has 0 aromatic heterocycles. The molecule has 1 atom stereocenters. The van der Waals surface area contributed by atoms with Crippen molar-refractivity contribution in [2.45, 2.75) is 25.2 Å². The Hall–Kier alpha value is -3.09. The Kier molecular flexibility index (Phi) is 10.3. The molecule has 0 spiro atoms. The van der Waals surface area contributed by atoms with E-state index in [1.807, 2.05) is 0 Å². The molecule has 7 nitrogen and oxygen atoms in total. The standard InChI is InChI=1S/C27H26BrClF3N3O4S/c1-33-26(37)24(14-18-6-4-3-5-7-18)34(16-19-8-11-21(28)12-9-19)25(36)17-35(40(2,38)39)23-15-20(27(30,31)32)10-13-22(23)29/h3-13,15,24H,14,16-17H2,1-2H3,(H,33,37). The lowest BCUT2D eigenvalue weighted by atomic mass is 10.0. The Morgan fingerprint density at radius 3 is 2.17 bits per heavy atom. The fourth-order valence-electron chi connectivity index (χ4n) is 3.98. The lowest BCUT2D eigenvalue weighted by molar-refractivity contribution is -0.139. The summed E-state index contributed by atoms with van der Waals surface area (Å²) >= 11 is 9.48. The average Bonchev–Trinajstić information content (AvgIpc) is 2.89. The minimum Gasteiger partial charge on any atom is -0.357 e. The van der Waals surface area contributed by atoms with Gasteiger partial charge in [-0.1, -0.05) is 70.0 Å². The number of halogens is 5. The second kappa shape index (κ2) is 13.0. The molecule has 1 N–H and O–H groups in total. The van der Waals surface area contributed by atoms with Crippen molar-refractivity contribution < 1.29 is 31.2 Å². The van der Waals surface area contributed by atoms with Gasteiger partial charge < -0.3 is 10.2 Å². The number of anilines is 1. The van der Waals surface area contributed by atoms with E-state index >= 15 is 0 Å². The van der Waals surface area contributed by atoms with E-state index in [-0.39, 0.29) is 18.0 Å². The molecule has 0 bridgehead atoms. The Morgan fingerprint density at radius 2 is 1.62 bits per heavy atom. The van der Waals surface area contributed by atoms with Gasteiger partial charge in [-0.25, -0.2) is 8.42 Å². The normalized spacial score (nSPS) is 12.5. The molecule has 0 saturated carbocycles. The molecule has 0 aliphatic heterocycles. The number of hydrogen-bond donors (Lipinski definition) is 1. The van der Waals surface area contributed by atoms with Gasteiger partial charge in [-0.3, -0.25) is 13.9 Å². The van der Waals surface area contributed by atoms with Crippen molar-refractivity contribution in [3.63, 3.8) is 0 Å². The van der Waals surface area contributed by atoms with Crippen molar-refractivity contribution in [1.82, 2.24) is 10.2 Å². The maximum Gasteiger partial charge on any atom is 0.416 e. The fraction of sp³-hybridized carbons (Fsp3) is 0.259. The van der Waals surface area contributed by atoms with Crippen molar-refractivity contribution in [3.8, 4) is 0 Å². The van der Waals surface area contributed by atoms with Gasteiger partial charge in [0.05, 0.1) is 22.5 Å². The van der Waals surface area contributed by atoms with Gasteiger partial charge in [0.2, 0.25) is 21.8 Å². The first-order chi connectivity index (χ1) is 18.7. The minimum absolute atomic E-state index is 0.0784. The van der Waals surface area contributed by atoms with Crippen LogP contribution in [-0.4, -0.2) is 51.0 Å². The Balaban J connectivity index is 2.08. The van der Waals surface area contributed by atoms with Crippen LogP contribution >= 0.6 is 27.5 Å². The quantitative estimate of drug-likeness (QED) is 0.321. The molecule has 3 aromatic rings. The van der Waals surface area contributed by atoms with Crippen LogP contribution in [0.15, 0.2) is 77.3 Å². The monoisotopic (exact) mass is 659 g/mol. The van der Waals surface area contributed by atoms with Crippen molar-refractivity contribution >= 4 is 55.1 Å². The molecule has 0 heterocycles. The largest absolute Gasteiger partial charge is 0.416 e. The van der Waals surface area contributed by atoms with Gasteiger partial charge >= 0.3 is 6.18 Å². The van der Waals surface area contributed by atoms with E-state index < -0.39 is 51.9 Å². The van der Waals surface area contributed by atoms with E-state index in [9.17, 15) is 31.2 Å². The van der Waals surface area contributed by atoms with Crippen molar-refractivity contribution in [2.24, 2.45) is 0 Å². The number of carbonyl (C=O) groups excluding carboxylic acids is 2. The first-order valence-corrected chi connectivity index (χ1v) is 14.9. The molecule has 40 heavy (non-hydrogen) atoms. The number of hydrogen-bond acceptors (Lipinski definition) is 4. The van der Waals surface area contributed by atoms with Crippen LogP contribution in [0.2, 0.25) is 5.02 Å². The number of carbonyl (C=O) groups is 2. The molecule has 0 saturated heterocycles. The van der Waals surface area contributed by atoms with Crippen LogP contribution in [0.5, 0.6) is 0 Å². The third-order valence-electron chi connectivity index (χ3n) is 6.01. The first-order valence-electron chi connectivity index (χ1n) is 11.8. The molecule has 0 fully saturated rings. The van der Waals surface area contributed by atoms with Crippen LogP contribution in [0.3, 0.4) is 0 Å². The predicted molar refractivity (Wildman–Crippen MR) is 151 cm³/mol. The Bertz CT molecular complexity index is 1460. The Morgan fingerprint density at radius 1 is 1.00 bits per heavy atom. The van der Waals surface area contributed by atoms with E-state index in [2.05, 4.69) is 21.2 Å². The fourth-order valence-corrected chi connectivity index (χ4v) is 5.37. The van der Waals surface area contributed by atoms with Gasteiger partial charge in [0.1, 0.15) is 12.6 Å². The second-order valence-corrected chi connectivity index (χ2v) is 12.1.